The first-order chi connectivity index (χ1) is 11.9. The lowest BCUT2D eigenvalue weighted by Crippen LogP contribution is -2.56. The fourth-order valence-corrected chi connectivity index (χ4v) is 2.55. The van der Waals surface area contributed by atoms with Crippen LogP contribution in [0.25, 0.3) is 5.69 Å². The third-order valence-electron chi connectivity index (χ3n) is 3.60. The molecule has 132 valence electrons. The molecule has 0 unspecified atom stereocenters. The minimum atomic E-state index is -0.473. The number of rotatable bonds is 4. The first-order valence-electron chi connectivity index (χ1n) is 7.87. The molecule has 1 aromatic heterocycles. The summed E-state index contributed by atoms with van der Waals surface area (Å²) in [5.74, 6) is -0.252. The second-order valence-electron chi connectivity index (χ2n) is 6.06. The first-order valence-corrected chi connectivity index (χ1v) is 8.25. The molecule has 1 saturated heterocycles. The Bertz CT molecular complexity index is 786. The predicted octanol–water partition coefficient (Wildman–Crippen LogP) is 1.88. The number of halogens is 1. The van der Waals surface area contributed by atoms with Crippen LogP contribution in [0.4, 0.5) is 4.79 Å². The van der Waals surface area contributed by atoms with E-state index in [2.05, 4.69) is 15.6 Å². The maximum atomic E-state index is 12.4. The predicted molar refractivity (Wildman–Crippen MR) is 90.8 cm³/mol. The Morgan fingerprint density at radius 2 is 2.12 bits per heavy atom. The molecule has 1 fully saturated rings. The van der Waals surface area contributed by atoms with E-state index in [0.29, 0.717) is 23.8 Å². The molecule has 1 N–H and O–H groups in total. The second kappa shape index (κ2) is 7.10. The van der Waals surface area contributed by atoms with E-state index in [1.54, 1.807) is 29.3 Å². The minimum Gasteiger partial charge on any atom is -0.442 e. The van der Waals surface area contributed by atoms with E-state index in [9.17, 15) is 9.59 Å². The topological polar surface area (TPSA) is 89.4 Å². The molecule has 2 heterocycles. The molecule has 0 saturated carbocycles. The highest BCUT2D eigenvalue weighted by atomic mass is 35.5. The Kier molecular flexibility index (Phi) is 4.89. The molecule has 0 radical (unpaired) electrons. The minimum absolute atomic E-state index is 0.00633. The average Bonchev–Trinajstić information content (AvgIpc) is 2.99. The summed E-state index contributed by atoms with van der Waals surface area (Å²) >= 11 is 5.95. The summed E-state index contributed by atoms with van der Waals surface area (Å²) in [4.78, 5) is 25.4. The average molecular weight is 364 g/mol. The molecule has 25 heavy (non-hydrogen) atoms. The number of hydrogen-bond donors (Lipinski definition) is 1. The van der Waals surface area contributed by atoms with Crippen LogP contribution in [0.3, 0.4) is 0 Å². The van der Waals surface area contributed by atoms with E-state index in [1.165, 1.54) is 4.68 Å². The lowest BCUT2D eigenvalue weighted by atomic mass is 10.1. The fraction of sp³-hybridized carbons (Fsp3) is 0.375. The number of ether oxygens (including phenoxy) is 1. The van der Waals surface area contributed by atoms with Crippen molar-refractivity contribution in [2.24, 2.45) is 0 Å². The van der Waals surface area contributed by atoms with Crippen molar-refractivity contribution in [1.29, 1.82) is 0 Å². The van der Waals surface area contributed by atoms with Gasteiger partial charge in [0.1, 0.15) is 6.10 Å². The fourth-order valence-electron chi connectivity index (χ4n) is 2.37. The number of benzene rings is 1. The molecule has 1 aliphatic heterocycles. The van der Waals surface area contributed by atoms with E-state index in [4.69, 9.17) is 16.3 Å². The molecule has 0 atom stereocenters. The Balaban J connectivity index is 1.56. The SMILES string of the molecule is CC(C)NC(=O)OC1CN(C(=O)c2cn(-c3cccc(Cl)c3)nn2)C1. The molecule has 8 nitrogen and oxygen atoms in total. The van der Waals surface area contributed by atoms with Crippen LogP contribution in [0.2, 0.25) is 5.02 Å². The molecule has 0 spiro atoms. The van der Waals surface area contributed by atoms with Gasteiger partial charge in [0, 0.05) is 11.1 Å². The molecule has 0 aliphatic carbocycles. The van der Waals surface area contributed by atoms with Gasteiger partial charge in [-0.15, -0.1) is 5.10 Å². The van der Waals surface area contributed by atoms with Crippen molar-refractivity contribution in [2.75, 3.05) is 13.1 Å². The van der Waals surface area contributed by atoms with Gasteiger partial charge in [-0.25, -0.2) is 9.48 Å². The van der Waals surface area contributed by atoms with Gasteiger partial charge in [0.25, 0.3) is 5.91 Å². The van der Waals surface area contributed by atoms with Crippen LogP contribution in [0.5, 0.6) is 0 Å². The molecule has 2 aromatic rings. The number of nitrogens with one attached hydrogen (secondary N) is 1. The van der Waals surface area contributed by atoms with Gasteiger partial charge in [-0.1, -0.05) is 22.9 Å². The second-order valence-corrected chi connectivity index (χ2v) is 6.50. The Morgan fingerprint density at radius 3 is 2.80 bits per heavy atom. The van der Waals surface area contributed by atoms with E-state index in [-0.39, 0.29) is 23.7 Å². The van der Waals surface area contributed by atoms with Gasteiger partial charge in [0.15, 0.2) is 5.69 Å². The number of carbonyl (C=O) groups is 2. The molecule has 9 heteroatoms. The number of likely N-dealkylation sites (tertiary alicyclic amines) is 1. The van der Waals surface area contributed by atoms with Gasteiger partial charge in [0.05, 0.1) is 25.0 Å². The van der Waals surface area contributed by atoms with Gasteiger partial charge in [0.2, 0.25) is 0 Å². The summed E-state index contributed by atoms with van der Waals surface area (Å²) in [5, 5.41) is 11.1. The maximum absolute atomic E-state index is 12.4. The van der Waals surface area contributed by atoms with Gasteiger partial charge < -0.3 is 15.0 Å². The van der Waals surface area contributed by atoms with Crippen LogP contribution in [0.1, 0.15) is 24.3 Å². The van der Waals surface area contributed by atoms with Crippen molar-refractivity contribution in [3.8, 4) is 5.69 Å². The van der Waals surface area contributed by atoms with Crippen molar-refractivity contribution in [3.63, 3.8) is 0 Å². The Hall–Kier alpha value is -2.61. The zero-order chi connectivity index (χ0) is 18.0. The lowest BCUT2D eigenvalue weighted by Gasteiger charge is -2.37. The van der Waals surface area contributed by atoms with Gasteiger partial charge in [-0.2, -0.15) is 0 Å². The third kappa shape index (κ3) is 4.08. The number of alkyl carbamates (subject to hydrolysis) is 1. The molecule has 0 bridgehead atoms. The molecular formula is C16H18ClN5O3. The summed E-state index contributed by atoms with van der Waals surface area (Å²) in [5.41, 5.74) is 0.944. The highest BCUT2D eigenvalue weighted by molar-refractivity contribution is 6.30. The van der Waals surface area contributed by atoms with E-state index in [0.717, 1.165) is 0 Å². The van der Waals surface area contributed by atoms with Crippen LogP contribution in [0.15, 0.2) is 30.5 Å². The van der Waals surface area contributed by atoms with Crippen molar-refractivity contribution in [3.05, 3.63) is 41.2 Å². The smallest absolute Gasteiger partial charge is 0.407 e. The first kappa shape index (κ1) is 17.2. The molecule has 1 aliphatic rings. The zero-order valence-electron chi connectivity index (χ0n) is 13.8. The quantitative estimate of drug-likeness (QED) is 0.895. The monoisotopic (exact) mass is 363 g/mol. The van der Waals surface area contributed by atoms with Gasteiger partial charge >= 0.3 is 6.09 Å². The highest BCUT2D eigenvalue weighted by Crippen LogP contribution is 2.17. The summed E-state index contributed by atoms with van der Waals surface area (Å²) in [6, 6.07) is 7.09. The summed E-state index contributed by atoms with van der Waals surface area (Å²) in [7, 11) is 0. The maximum Gasteiger partial charge on any atom is 0.407 e. The largest absolute Gasteiger partial charge is 0.442 e. The van der Waals surface area contributed by atoms with E-state index >= 15 is 0 Å². The summed E-state index contributed by atoms with van der Waals surface area (Å²) in [6.07, 6.45) is 0.776. The van der Waals surface area contributed by atoms with Crippen molar-refractivity contribution < 1.29 is 14.3 Å². The van der Waals surface area contributed by atoms with Crippen molar-refractivity contribution >= 4 is 23.6 Å². The van der Waals surface area contributed by atoms with E-state index < -0.39 is 6.09 Å². The Labute approximate surface area is 149 Å². The number of carbonyl (C=O) groups excluding carboxylic acids is 2. The summed E-state index contributed by atoms with van der Waals surface area (Å²) < 4.78 is 6.69. The standard InChI is InChI=1S/C16H18ClN5O3/c1-10(2)18-16(24)25-13-7-21(8-13)15(23)14-9-22(20-19-14)12-5-3-4-11(17)6-12/h3-6,9-10,13H,7-8H2,1-2H3,(H,18,24). The highest BCUT2D eigenvalue weighted by Gasteiger charge is 2.35. The Morgan fingerprint density at radius 1 is 1.36 bits per heavy atom. The number of hydrogen-bond acceptors (Lipinski definition) is 5. The van der Waals surface area contributed by atoms with Crippen molar-refractivity contribution in [1.82, 2.24) is 25.2 Å². The third-order valence-corrected chi connectivity index (χ3v) is 3.84. The molecular weight excluding hydrogens is 346 g/mol. The zero-order valence-corrected chi connectivity index (χ0v) is 14.6. The van der Waals surface area contributed by atoms with Crippen LogP contribution in [-0.2, 0) is 4.74 Å². The van der Waals surface area contributed by atoms with Gasteiger partial charge in [-0.05, 0) is 32.0 Å². The molecule has 2 amide bonds. The lowest BCUT2D eigenvalue weighted by molar-refractivity contribution is -0.00731. The summed E-state index contributed by atoms with van der Waals surface area (Å²) in [6.45, 7) is 4.38. The van der Waals surface area contributed by atoms with Crippen LogP contribution in [0, 0.1) is 0 Å². The number of aromatic nitrogens is 3. The number of amides is 2. The molecule has 1 aromatic carbocycles. The van der Waals surface area contributed by atoms with E-state index in [1.807, 2.05) is 19.9 Å². The van der Waals surface area contributed by atoms with Crippen molar-refractivity contribution in [2.45, 2.75) is 26.0 Å². The molecule has 3 rings (SSSR count). The van der Waals surface area contributed by atoms with Crippen LogP contribution < -0.4 is 5.32 Å². The van der Waals surface area contributed by atoms with Gasteiger partial charge in [-0.3, -0.25) is 4.79 Å². The normalized spacial score (nSPS) is 14.3. The number of nitrogens with zero attached hydrogens (tertiary/aromatic N) is 4. The van der Waals surface area contributed by atoms with Crippen LogP contribution >= 0.6 is 11.6 Å². The van der Waals surface area contributed by atoms with Crippen LogP contribution in [-0.4, -0.2) is 57.1 Å².